The molecule has 0 aliphatic rings. The van der Waals surface area contributed by atoms with Crippen molar-refractivity contribution in [2.75, 3.05) is 13.1 Å². The Balaban J connectivity index is 2.54. The van der Waals surface area contributed by atoms with E-state index in [0.717, 1.165) is 0 Å². The second kappa shape index (κ2) is 7.95. The second-order valence-corrected chi connectivity index (χ2v) is 5.68. The zero-order valence-electron chi connectivity index (χ0n) is 13.4. The summed E-state index contributed by atoms with van der Waals surface area (Å²) in [6.45, 7) is 9.53. The highest BCUT2D eigenvalue weighted by molar-refractivity contribution is 6.30. The number of amides is 1. The molecule has 1 aromatic heterocycles. The molecular weight excluding hydrogens is 328 g/mol. The van der Waals surface area contributed by atoms with Crippen LogP contribution in [0.5, 0.6) is 0 Å². The molecule has 1 atom stereocenters. The van der Waals surface area contributed by atoms with Crippen LogP contribution in [0.2, 0.25) is 5.02 Å². The minimum atomic E-state index is -0.966. The molecule has 1 unspecified atom stereocenters. The Morgan fingerprint density at radius 1 is 1.33 bits per heavy atom. The van der Waals surface area contributed by atoms with Crippen molar-refractivity contribution in [3.05, 3.63) is 65.9 Å². The number of aromatic nitrogens is 1. The molecule has 1 N–H and O–H groups in total. The summed E-state index contributed by atoms with van der Waals surface area (Å²) in [7, 11) is 0. The molecule has 0 saturated carbocycles. The van der Waals surface area contributed by atoms with Gasteiger partial charge in [0.25, 0.3) is 5.91 Å². The van der Waals surface area contributed by atoms with Gasteiger partial charge in [0.2, 0.25) is 0 Å². The molecule has 6 heteroatoms. The fourth-order valence-corrected chi connectivity index (χ4v) is 2.44. The lowest BCUT2D eigenvalue weighted by Gasteiger charge is -2.19. The number of carbonyl (C=O) groups is 1. The van der Waals surface area contributed by atoms with Gasteiger partial charge in [-0.15, -0.1) is 13.2 Å². The number of halogens is 1. The van der Waals surface area contributed by atoms with Crippen LogP contribution >= 0.6 is 11.6 Å². The predicted molar refractivity (Wildman–Crippen MR) is 93.9 cm³/mol. The Morgan fingerprint density at radius 3 is 2.42 bits per heavy atom. The van der Waals surface area contributed by atoms with Crippen LogP contribution in [0.4, 0.5) is 0 Å². The monoisotopic (exact) mass is 346 g/mol. The number of aliphatic hydroxyl groups excluding tert-OH is 1. The van der Waals surface area contributed by atoms with E-state index >= 15 is 0 Å². The average molecular weight is 347 g/mol. The van der Waals surface area contributed by atoms with E-state index in [1.807, 2.05) is 0 Å². The third-order valence-electron chi connectivity index (χ3n) is 3.42. The summed E-state index contributed by atoms with van der Waals surface area (Å²) in [5.41, 5.74) is 1.28. The van der Waals surface area contributed by atoms with E-state index in [2.05, 4.69) is 18.3 Å². The molecule has 24 heavy (non-hydrogen) atoms. The summed E-state index contributed by atoms with van der Waals surface area (Å²) in [4.78, 5) is 14.5. The first-order valence-corrected chi connectivity index (χ1v) is 7.82. The van der Waals surface area contributed by atoms with Crippen LogP contribution in [0.15, 0.2) is 54.1 Å². The van der Waals surface area contributed by atoms with E-state index in [0.29, 0.717) is 29.4 Å². The maximum atomic E-state index is 13.0. The van der Waals surface area contributed by atoms with E-state index in [1.54, 1.807) is 36.4 Å². The maximum Gasteiger partial charge on any atom is 0.260 e. The fraction of sp³-hybridized carbons (Fsp3) is 0.222. The Hall–Kier alpha value is -2.37. The quantitative estimate of drug-likeness (QED) is 0.773. The van der Waals surface area contributed by atoms with Gasteiger partial charge >= 0.3 is 0 Å². The molecule has 2 rings (SSSR count). The van der Waals surface area contributed by atoms with Crippen molar-refractivity contribution in [1.29, 1.82) is 0 Å². The van der Waals surface area contributed by atoms with Gasteiger partial charge in [-0.2, -0.15) is 0 Å². The predicted octanol–water partition coefficient (Wildman–Crippen LogP) is 3.86. The number of hydrogen-bond acceptors (Lipinski definition) is 4. The molecule has 0 aliphatic carbocycles. The van der Waals surface area contributed by atoms with Gasteiger partial charge in [-0.05, 0) is 19.1 Å². The van der Waals surface area contributed by atoms with Crippen LogP contribution in [0.25, 0.3) is 11.3 Å². The standard InChI is InChI=1S/C18H19ClN2O3/c1-4-10-21(11-5-2)18(23)15-16(20-24-17(15)12(3)22)13-6-8-14(19)9-7-13/h4-9,12,22H,1-2,10-11H2,3H3. The Labute approximate surface area is 145 Å². The topological polar surface area (TPSA) is 66.6 Å². The summed E-state index contributed by atoms with van der Waals surface area (Å²) >= 11 is 5.91. The zero-order valence-corrected chi connectivity index (χ0v) is 14.2. The van der Waals surface area contributed by atoms with E-state index in [9.17, 15) is 9.90 Å². The van der Waals surface area contributed by atoms with Crippen molar-refractivity contribution in [1.82, 2.24) is 10.1 Å². The smallest absolute Gasteiger partial charge is 0.260 e. The molecule has 0 aliphatic heterocycles. The van der Waals surface area contributed by atoms with Gasteiger partial charge in [-0.25, -0.2) is 0 Å². The highest BCUT2D eigenvalue weighted by atomic mass is 35.5. The van der Waals surface area contributed by atoms with Crippen molar-refractivity contribution >= 4 is 17.5 Å². The summed E-state index contributed by atoms with van der Waals surface area (Å²) < 4.78 is 5.24. The first-order valence-electron chi connectivity index (χ1n) is 7.44. The maximum absolute atomic E-state index is 13.0. The van der Waals surface area contributed by atoms with E-state index in [1.165, 1.54) is 11.8 Å². The summed E-state index contributed by atoms with van der Waals surface area (Å²) in [6.07, 6.45) is 2.28. The second-order valence-electron chi connectivity index (χ2n) is 5.24. The van der Waals surface area contributed by atoms with Crippen LogP contribution in [0.3, 0.4) is 0 Å². The van der Waals surface area contributed by atoms with Crippen molar-refractivity contribution < 1.29 is 14.4 Å². The highest BCUT2D eigenvalue weighted by Crippen LogP contribution is 2.31. The minimum absolute atomic E-state index is 0.128. The average Bonchev–Trinajstić information content (AvgIpc) is 3.00. The third-order valence-corrected chi connectivity index (χ3v) is 3.67. The van der Waals surface area contributed by atoms with Gasteiger partial charge in [-0.1, -0.05) is 41.0 Å². The SMILES string of the molecule is C=CCN(CC=C)C(=O)c1c(-c2ccc(Cl)cc2)noc1C(C)O. The van der Waals surface area contributed by atoms with Crippen molar-refractivity contribution in [2.45, 2.75) is 13.0 Å². The normalized spacial score (nSPS) is 11.8. The van der Waals surface area contributed by atoms with Crippen LogP contribution in [0.1, 0.15) is 29.1 Å². The molecule has 0 radical (unpaired) electrons. The van der Waals surface area contributed by atoms with E-state index in [4.69, 9.17) is 16.1 Å². The Morgan fingerprint density at radius 2 is 1.92 bits per heavy atom. The Kier molecular flexibility index (Phi) is 5.95. The molecule has 2 aromatic rings. The molecule has 1 heterocycles. The van der Waals surface area contributed by atoms with E-state index < -0.39 is 6.10 Å². The zero-order chi connectivity index (χ0) is 17.7. The number of aliphatic hydroxyl groups is 1. The van der Waals surface area contributed by atoms with Gasteiger partial charge in [-0.3, -0.25) is 4.79 Å². The van der Waals surface area contributed by atoms with Crippen LogP contribution in [0, 0.1) is 0 Å². The van der Waals surface area contributed by atoms with Gasteiger partial charge in [0.05, 0.1) is 0 Å². The van der Waals surface area contributed by atoms with Gasteiger partial charge in [0.15, 0.2) is 5.76 Å². The fourth-order valence-electron chi connectivity index (χ4n) is 2.31. The molecule has 5 nitrogen and oxygen atoms in total. The first-order chi connectivity index (χ1) is 11.5. The molecule has 126 valence electrons. The van der Waals surface area contributed by atoms with Crippen LogP contribution < -0.4 is 0 Å². The van der Waals surface area contributed by atoms with Crippen molar-refractivity contribution in [3.8, 4) is 11.3 Å². The lowest BCUT2D eigenvalue weighted by atomic mass is 10.0. The first kappa shape index (κ1) is 18.0. The molecule has 0 saturated heterocycles. The third kappa shape index (κ3) is 3.75. The lowest BCUT2D eigenvalue weighted by Crippen LogP contribution is -2.32. The number of carbonyl (C=O) groups excluding carboxylic acids is 1. The number of benzene rings is 1. The van der Waals surface area contributed by atoms with Crippen molar-refractivity contribution in [3.63, 3.8) is 0 Å². The number of nitrogens with zero attached hydrogens (tertiary/aromatic N) is 2. The van der Waals surface area contributed by atoms with Gasteiger partial charge in [0.1, 0.15) is 17.4 Å². The molecule has 0 spiro atoms. The molecule has 0 fully saturated rings. The molecule has 1 amide bonds. The summed E-state index contributed by atoms with van der Waals surface area (Å²) in [5.74, 6) is -0.181. The van der Waals surface area contributed by atoms with Gasteiger partial charge < -0.3 is 14.5 Å². The molecule has 1 aromatic carbocycles. The molecular formula is C18H19ClN2O3. The van der Waals surface area contributed by atoms with Gasteiger partial charge in [0, 0.05) is 23.7 Å². The molecule has 0 bridgehead atoms. The minimum Gasteiger partial charge on any atom is -0.385 e. The number of rotatable bonds is 7. The van der Waals surface area contributed by atoms with Crippen LogP contribution in [-0.4, -0.2) is 34.2 Å². The van der Waals surface area contributed by atoms with Crippen LogP contribution in [-0.2, 0) is 0 Å². The van der Waals surface area contributed by atoms with E-state index in [-0.39, 0.29) is 17.2 Å². The number of hydrogen-bond donors (Lipinski definition) is 1. The van der Waals surface area contributed by atoms with Crippen molar-refractivity contribution in [2.24, 2.45) is 0 Å². The lowest BCUT2D eigenvalue weighted by molar-refractivity contribution is 0.0779. The largest absolute Gasteiger partial charge is 0.385 e. The summed E-state index contributed by atoms with van der Waals surface area (Å²) in [6, 6.07) is 6.89. The summed E-state index contributed by atoms with van der Waals surface area (Å²) in [5, 5.41) is 14.5. The highest BCUT2D eigenvalue weighted by Gasteiger charge is 2.29. The Bertz CT molecular complexity index is 725.